The van der Waals surface area contributed by atoms with Crippen molar-refractivity contribution in [1.29, 1.82) is 0 Å². The molecule has 2 aliphatic heterocycles. The fourth-order valence-electron chi connectivity index (χ4n) is 3.14. The standard InChI is InChI=1S/C16H18Cl2N2O2S/c1-19-15(22)10-23-16(19)4-6-20(7-5-16)14(21)8-11-2-3-12(17)9-13(11)18/h2-3,9H,4-8,10H2,1H3. The predicted molar refractivity (Wildman–Crippen MR) is 93.9 cm³/mol. The second-order valence-corrected chi connectivity index (χ2v) is 8.16. The van der Waals surface area contributed by atoms with E-state index in [0.29, 0.717) is 28.9 Å². The maximum Gasteiger partial charge on any atom is 0.233 e. The van der Waals surface area contributed by atoms with Crippen LogP contribution in [0.4, 0.5) is 0 Å². The van der Waals surface area contributed by atoms with Gasteiger partial charge in [0.05, 0.1) is 17.0 Å². The van der Waals surface area contributed by atoms with Gasteiger partial charge >= 0.3 is 0 Å². The van der Waals surface area contributed by atoms with Crippen molar-refractivity contribution in [3.05, 3.63) is 33.8 Å². The first-order chi connectivity index (χ1) is 10.9. The Morgan fingerprint density at radius 3 is 2.57 bits per heavy atom. The highest BCUT2D eigenvalue weighted by molar-refractivity contribution is 8.01. The van der Waals surface area contributed by atoms with E-state index in [-0.39, 0.29) is 23.1 Å². The van der Waals surface area contributed by atoms with Crippen LogP contribution in [0.3, 0.4) is 0 Å². The third-order valence-corrected chi connectivity index (χ3v) is 6.90. The summed E-state index contributed by atoms with van der Waals surface area (Å²) in [6, 6.07) is 5.21. The number of halogens is 2. The summed E-state index contributed by atoms with van der Waals surface area (Å²) >= 11 is 13.7. The first-order valence-corrected chi connectivity index (χ1v) is 9.28. The lowest BCUT2D eigenvalue weighted by molar-refractivity contribution is -0.133. The maximum absolute atomic E-state index is 12.5. The molecule has 0 saturated carbocycles. The Hall–Kier alpha value is -0.910. The van der Waals surface area contributed by atoms with Gasteiger partial charge in [0.15, 0.2) is 0 Å². The monoisotopic (exact) mass is 372 g/mol. The number of rotatable bonds is 2. The van der Waals surface area contributed by atoms with Crippen molar-refractivity contribution in [1.82, 2.24) is 9.80 Å². The molecule has 7 heteroatoms. The fourth-order valence-corrected chi connectivity index (χ4v) is 4.97. The summed E-state index contributed by atoms with van der Waals surface area (Å²) in [6.07, 6.45) is 1.92. The zero-order valence-corrected chi connectivity index (χ0v) is 15.2. The highest BCUT2D eigenvalue weighted by Gasteiger charge is 2.46. The number of hydrogen-bond acceptors (Lipinski definition) is 3. The summed E-state index contributed by atoms with van der Waals surface area (Å²) in [5, 5.41) is 1.09. The number of carbonyl (C=O) groups excluding carboxylic acids is 2. The van der Waals surface area contributed by atoms with E-state index >= 15 is 0 Å². The molecule has 23 heavy (non-hydrogen) atoms. The molecule has 4 nitrogen and oxygen atoms in total. The first-order valence-electron chi connectivity index (χ1n) is 7.54. The van der Waals surface area contributed by atoms with E-state index in [1.165, 1.54) is 0 Å². The van der Waals surface area contributed by atoms with Crippen molar-refractivity contribution in [3.8, 4) is 0 Å². The van der Waals surface area contributed by atoms with Crippen LogP contribution in [0.2, 0.25) is 10.0 Å². The number of carbonyl (C=O) groups is 2. The zero-order chi connectivity index (χ0) is 16.6. The van der Waals surface area contributed by atoms with Gasteiger partial charge in [-0.05, 0) is 30.5 Å². The molecule has 124 valence electrons. The van der Waals surface area contributed by atoms with Gasteiger partial charge in [0.2, 0.25) is 11.8 Å². The Morgan fingerprint density at radius 1 is 1.30 bits per heavy atom. The van der Waals surface area contributed by atoms with Gasteiger partial charge < -0.3 is 9.80 Å². The second-order valence-electron chi connectivity index (χ2n) is 5.98. The maximum atomic E-state index is 12.5. The summed E-state index contributed by atoms with van der Waals surface area (Å²) in [6.45, 7) is 1.35. The van der Waals surface area contributed by atoms with Gasteiger partial charge in [0, 0.05) is 30.2 Å². The first kappa shape index (κ1) is 16.9. The van der Waals surface area contributed by atoms with Crippen LogP contribution >= 0.6 is 35.0 Å². The van der Waals surface area contributed by atoms with E-state index in [1.54, 1.807) is 30.0 Å². The van der Waals surface area contributed by atoms with E-state index in [9.17, 15) is 9.59 Å². The third kappa shape index (κ3) is 3.32. The number of thioether (sulfide) groups is 1. The van der Waals surface area contributed by atoms with Crippen LogP contribution in [0.25, 0.3) is 0 Å². The molecule has 0 bridgehead atoms. The molecule has 1 aromatic rings. The fraction of sp³-hybridized carbons (Fsp3) is 0.500. The topological polar surface area (TPSA) is 40.6 Å². The van der Waals surface area contributed by atoms with Crippen molar-refractivity contribution < 1.29 is 9.59 Å². The van der Waals surface area contributed by atoms with E-state index in [1.807, 2.05) is 16.8 Å². The van der Waals surface area contributed by atoms with E-state index in [4.69, 9.17) is 23.2 Å². The smallest absolute Gasteiger partial charge is 0.233 e. The van der Waals surface area contributed by atoms with Crippen molar-refractivity contribution in [2.45, 2.75) is 24.1 Å². The normalized spacial score (nSPS) is 20.4. The molecule has 2 heterocycles. The average Bonchev–Trinajstić information content (AvgIpc) is 2.80. The minimum atomic E-state index is -0.119. The van der Waals surface area contributed by atoms with Gasteiger partial charge in [-0.3, -0.25) is 9.59 Å². The third-order valence-electron chi connectivity index (χ3n) is 4.70. The van der Waals surface area contributed by atoms with Gasteiger partial charge in [-0.15, -0.1) is 11.8 Å². The Kier molecular flexibility index (Phi) is 4.81. The Bertz CT molecular complexity index is 645. The number of nitrogens with zero attached hydrogens (tertiary/aromatic N) is 2. The van der Waals surface area contributed by atoms with Crippen LogP contribution in [0.1, 0.15) is 18.4 Å². The Balaban J connectivity index is 1.61. The van der Waals surface area contributed by atoms with Crippen molar-refractivity contribution in [2.24, 2.45) is 0 Å². The van der Waals surface area contributed by atoms with E-state index < -0.39 is 0 Å². The second kappa shape index (κ2) is 6.54. The summed E-state index contributed by atoms with van der Waals surface area (Å²) in [4.78, 5) is 27.9. The summed E-state index contributed by atoms with van der Waals surface area (Å²) in [7, 11) is 1.87. The lowest BCUT2D eigenvalue weighted by Crippen LogP contribution is -2.51. The van der Waals surface area contributed by atoms with Crippen molar-refractivity contribution in [2.75, 3.05) is 25.9 Å². The lowest BCUT2D eigenvalue weighted by Gasteiger charge is -2.42. The molecule has 2 saturated heterocycles. The predicted octanol–water partition coefficient (Wildman–Crippen LogP) is 3.06. The molecule has 0 N–H and O–H groups in total. The molecule has 0 unspecified atom stereocenters. The Morgan fingerprint density at radius 2 is 2.00 bits per heavy atom. The van der Waals surface area contributed by atoms with Crippen molar-refractivity contribution >= 4 is 46.8 Å². The molecule has 0 aliphatic carbocycles. The SMILES string of the molecule is CN1C(=O)CSC12CCN(C(=O)Cc1ccc(Cl)cc1Cl)CC2. The summed E-state index contributed by atoms with van der Waals surface area (Å²) < 4.78 is 0. The van der Waals surface area contributed by atoms with Crippen LogP contribution in [0, 0.1) is 0 Å². The molecule has 2 aliphatic rings. The molecule has 0 atom stereocenters. The van der Waals surface area contributed by atoms with E-state index in [0.717, 1.165) is 18.4 Å². The molecular formula is C16H18Cl2N2O2S. The number of benzene rings is 1. The number of piperidine rings is 1. The van der Waals surface area contributed by atoms with Gasteiger partial charge in [-0.2, -0.15) is 0 Å². The molecule has 0 aromatic heterocycles. The van der Waals surface area contributed by atoms with Crippen LogP contribution in [-0.2, 0) is 16.0 Å². The van der Waals surface area contributed by atoms with E-state index in [2.05, 4.69) is 0 Å². The highest BCUT2D eigenvalue weighted by Crippen LogP contribution is 2.43. The molecule has 2 amide bonds. The molecule has 1 aromatic carbocycles. The minimum absolute atomic E-state index is 0.0704. The molecule has 2 fully saturated rings. The highest BCUT2D eigenvalue weighted by atomic mass is 35.5. The molecule has 1 spiro atoms. The van der Waals surface area contributed by atoms with Gasteiger partial charge in [0.25, 0.3) is 0 Å². The van der Waals surface area contributed by atoms with Crippen LogP contribution in [0.5, 0.6) is 0 Å². The number of likely N-dealkylation sites (tertiary alicyclic amines) is 1. The van der Waals surface area contributed by atoms with Gasteiger partial charge in [0.1, 0.15) is 0 Å². The van der Waals surface area contributed by atoms with Gasteiger partial charge in [-0.1, -0.05) is 29.3 Å². The summed E-state index contributed by atoms with van der Waals surface area (Å²) in [5.41, 5.74) is 0.795. The van der Waals surface area contributed by atoms with Crippen molar-refractivity contribution in [3.63, 3.8) is 0 Å². The average molecular weight is 373 g/mol. The molecular weight excluding hydrogens is 355 g/mol. The summed E-state index contributed by atoms with van der Waals surface area (Å²) in [5.74, 6) is 0.800. The quantitative estimate of drug-likeness (QED) is 0.800. The largest absolute Gasteiger partial charge is 0.342 e. The zero-order valence-electron chi connectivity index (χ0n) is 12.8. The van der Waals surface area contributed by atoms with Crippen LogP contribution in [0.15, 0.2) is 18.2 Å². The van der Waals surface area contributed by atoms with Gasteiger partial charge in [-0.25, -0.2) is 0 Å². The van der Waals surface area contributed by atoms with Crippen LogP contribution in [-0.4, -0.2) is 52.4 Å². The van der Waals surface area contributed by atoms with Crippen LogP contribution < -0.4 is 0 Å². The molecule has 0 radical (unpaired) electrons. The number of hydrogen-bond donors (Lipinski definition) is 0. The number of amides is 2. The molecule has 3 rings (SSSR count). The minimum Gasteiger partial charge on any atom is -0.342 e. The Labute approximate surface area is 150 Å². The lowest BCUT2D eigenvalue weighted by atomic mass is 10.0.